The largest absolute Gasteiger partial charge is 0.361 e. The second-order valence-electron chi connectivity index (χ2n) is 5.20. The summed E-state index contributed by atoms with van der Waals surface area (Å²) in [6.45, 7) is 4.48. The Morgan fingerprint density at radius 2 is 2.33 bits per heavy atom. The Labute approximate surface area is 123 Å². The van der Waals surface area contributed by atoms with Gasteiger partial charge in [0.1, 0.15) is 11.3 Å². The van der Waals surface area contributed by atoms with E-state index in [0.29, 0.717) is 17.7 Å². The molecule has 3 heterocycles. The fourth-order valence-corrected chi connectivity index (χ4v) is 2.88. The van der Waals surface area contributed by atoms with Crippen molar-refractivity contribution in [3.8, 4) is 0 Å². The molecule has 1 saturated heterocycles. The minimum Gasteiger partial charge on any atom is -0.361 e. The molecule has 110 valence electrons. The number of aromatic nitrogens is 3. The van der Waals surface area contributed by atoms with Gasteiger partial charge in [-0.15, -0.1) is 0 Å². The average molecular weight is 286 g/mol. The standard InChI is InChI=1S/C15H18N4O2/c1-3-11-14(10(2)21-18-11)15(20)19-8-4-5-13(19)12-9-16-6-7-17-12/h6-7,9,13H,3-5,8H2,1-2H3/t13-/m0/s1. The van der Waals surface area contributed by atoms with Gasteiger partial charge in [0, 0.05) is 18.9 Å². The second kappa shape index (κ2) is 5.63. The van der Waals surface area contributed by atoms with E-state index in [0.717, 1.165) is 30.8 Å². The third kappa shape index (κ3) is 2.41. The molecule has 1 fully saturated rings. The number of hydrogen-bond donors (Lipinski definition) is 0. The highest BCUT2D eigenvalue weighted by Crippen LogP contribution is 2.32. The molecule has 6 heteroatoms. The van der Waals surface area contributed by atoms with Crippen LogP contribution in [0, 0.1) is 6.92 Å². The molecule has 1 atom stereocenters. The van der Waals surface area contributed by atoms with E-state index in [9.17, 15) is 4.79 Å². The van der Waals surface area contributed by atoms with Crippen molar-refractivity contribution in [2.45, 2.75) is 39.2 Å². The molecule has 0 spiro atoms. The fourth-order valence-electron chi connectivity index (χ4n) is 2.88. The van der Waals surface area contributed by atoms with Crippen molar-refractivity contribution in [3.63, 3.8) is 0 Å². The number of hydrogen-bond acceptors (Lipinski definition) is 5. The minimum absolute atomic E-state index is 0.00907. The lowest BCUT2D eigenvalue weighted by atomic mass is 10.1. The molecule has 3 rings (SSSR count). The van der Waals surface area contributed by atoms with Gasteiger partial charge in [0.15, 0.2) is 0 Å². The summed E-state index contributed by atoms with van der Waals surface area (Å²) in [4.78, 5) is 23.2. The number of rotatable bonds is 3. The Morgan fingerprint density at radius 1 is 1.48 bits per heavy atom. The Hall–Kier alpha value is -2.24. The van der Waals surface area contributed by atoms with Gasteiger partial charge >= 0.3 is 0 Å². The van der Waals surface area contributed by atoms with Crippen molar-refractivity contribution in [2.75, 3.05) is 6.54 Å². The average Bonchev–Trinajstić information content (AvgIpc) is 3.14. The van der Waals surface area contributed by atoms with Gasteiger partial charge in [-0.2, -0.15) is 0 Å². The summed E-state index contributed by atoms with van der Waals surface area (Å²) >= 11 is 0. The molecule has 0 saturated carbocycles. The molecule has 0 aliphatic carbocycles. The normalized spacial score (nSPS) is 18.2. The van der Waals surface area contributed by atoms with E-state index in [-0.39, 0.29) is 11.9 Å². The highest BCUT2D eigenvalue weighted by molar-refractivity contribution is 5.96. The lowest BCUT2D eigenvalue weighted by Crippen LogP contribution is -2.31. The van der Waals surface area contributed by atoms with Gasteiger partial charge in [0.2, 0.25) is 0 Å². The van der Waals surface area contributed by atoms with Crippen LogP contribution in [0.2, 0.25) is 0 Å². The quantitative estimate of drug-likeness (QED) is 0.865. The first kappa shape index (κ1) is 13.7. The van der Waals surface area contributed by atoms with Gasteiger partial charge in [-0.05, 0) is 26.2 Å². The molecule has 0 radical (unpaired) electrons. The Kier molecular flexibility index (Phi) is 3.68. The van der Waals surface area contributed by atoms with Crippen LogP contribution in [0.25, 0.3) is 0 Å². The fraction of sp³-hybridized carbons (Fsp3) is 0.467. The molecular formula is C15H18N4O2. The summed E-state index contributed by atoms with van der Waals surface area (Å²) in [7, 11) is 0. The van der Waals surface area contributed by atoms with Crippen molar-refractivity contribution >= 4 is 5.91 Å². The van der Waals surface area contributed by atoms with E-state index in [4.69, 9.17) is 4.52 Å². The van der Waals surface area contributed by atoms with Gasteiger partial charge in [0.25, 0.3) is 5.91 Å². The Balaban J connectivity index is 1.92. The summed E-state index contributed by atoms with van der Waals surface area (Å²) in [5, 5.41) is 3.97. The predicted molar refractivity (Wildman–Crippen MR) is 75.7 cm³/mol. The molecule has 1 amide bonds. The zero-order valence-corrected chi connectivity index (χ0v) is 12.2. The maximum atomic E-state index is 12.9. The van der Waals surface area contributed by atoms with Crippen molar-refractivity contribution < 1.29 is 9.32 Å². The van der Waals surface area contributed by atoms with E-state index in [1.54, 1.807) is 25.5 Å². The van der Waals surface area contributed by atoms with Gasteiger partial charge < -0.3 is 9.42 Å². The molecule has 2 aromatic heterocycles. The molecular weight excluding hydrogens is 268 g/mol. The molecule has 6 nitrogen and oxygen atoms in total. The highest BCUT2D eigenvalue weighted by Gasteiger charge is 2.34. The highest BCUT2D eigenvalue weighted by atomic mass is 16.5. The molecule has 1 aliphatic heterocycles. The van der Waals surface area contributed by atoms with E-state index >= 15 is 0 Å². The lowest BCUT2D eigenvalue weighted by molar-refractivity contribution is 0.0730. The van der Waals surface area contributed by atoms with E-state index < -0.39 is 0 Å². The lowest BCUT2D eigenvalue weighted by Gasteiger charge is -2.24. The summed E-state index contributed by atoms with van der Waals surface area (Å²) < 4.78 is 5.18. The number of nitrogens with zero attached hydrogens (tertiary/aromatic N) is 4. The first-order valence-corrected chi connectivity index (χ1v) is 7.24. The van der Waals surface area contributed by atoms with Crippen LogP contribution >= 0.6 is 0 Å². The van der Waals surface area contributed by atoms with Crippen molar-refractivity contribution in [3.05, 3.63) is 41.3 Å². The van der Waals surface area contributed by atoms with Gasteiger partial charge in [-0.1, -0.05) is 12.1 Å². The number of aryl methyl sites for hydroxylation is 2. The molecule has 0 bridgehead atoms. The molecule has 0 unspecified atom stereocenters. The zero-order valence-electron chi connectivity index (χ0n) is 12.2. The van der Waals surface area contributed by atoms with Crippen molar-refractivity contribution in [1.29, 1.82) is 0 Å². The van der Waals surface area contributed by atoms with Crippen molar-refractivity contribution in [1.82, 2.24) is 20.0 Å². The zero-order chi connectivity index (χ0) is 14.8. The summed E-state index contributed by atoms with van der Waals surface area (Å²) in [5.74, 6) is 0.570. The third-order valence-electron chi connectivity index (χ3n) is 3.92. The predicted octanol–water partition coefficient (Wildman–Crippen LogP) is 2.31. The van der Waals surface area contributed by atoms with Crippen LogP contribution in [-0.4, -0.2) is 32.5 Å². The smallest absolute Gasteiger partial charge is 0.259 e. The number of likely N-dealkylation sites (tertiary alicyclic amines) is 1. The van der Waals surface area contributed by atoms with E-state index in [1.165, 1.54) is 0 Å². The van der Waals surface area contributed by atoms with Gasteiger partial charge in [0.05, 0.1) is 23.6 Å². The van der Waals surface area contributed by atoms with Crippen LogP contribution in [0.5, 0.6) is 0 Å². The van der Waals surface area contributed by atoms with Crippen LogP contribution < -0.4 is 0 Å². The minimum atomic E-state index is -0.0150. The van der Waals surface area contributed by atoms with Crippen LogP contribution in [0.15, 0.2) is 23.1 Å². The maximum Gasteiger partial charge on any atom is 0.259 e. The number of amides is 1. The summed E-state index contributed by atoms with van der Waals surface area (Å²) in [6.07, 6.45) is 7.61. The first-order chi connectivity index (χ1) is 10.2. The van der Waals surface area contributed by atoms with Crippen molar-refractivity contribution in [2.24, 2.45) is 0 Å². The van der Waals surface area contributed by atoms with Gasteiger partial charge in [-0.3, -0.25) is 14.8 Å². The van der Waals surface area contributed by atoms with Crippen LogP contribution in [0.4, 0.5) is 0 Å². The SMILES string of the molecule is CCc1noc(C)c1C(=O)N1CCC[C@H]1c1cnccn1. The maximum absolute atomic E-state index is 12.9. The first-order valence-electron chi connectivity index (χ1n) is 7.24. The number of carbonyl (C=O) groups excluding carboxylic acids is 1. The molecule has 21 heavy (non-hydrogen) atoms. The Bertz CT molecular complexity index is 638. The Morgan fingerprint density at radius 3 is 3.05 bits per heavy atom. The second-order valence-corrected chi connectivity index (χ2v) is 5.20. The van der Waals surface area contributed by atoms with E-state index in [1.807, 2.05) is 11.8 Å². The summed E-state index contributed by atoms with van der Waals surface area (Å²) in [6, 6.07) is -0.00907. The topological polar surface area (TPSA) is 72.1 Å². The van der Waals surface area contributed by atoms with Gasteiger partial charge in [-0.25, -0.2) is 0 Å². The molecule has 0 aromatic carbocycles. The van der Waals surface area contributed by atoms with E-state index in [2.05, 4.69) is 15.1 Å². The van der Waals surface area contributed by atoms with Crippen LogP contribution in [0.1, 0.15) is 53.3 Å². The molecule has 0 N–H and O–H groups in total. The molecule has 1 aliphatic rings. The summed E-state index contributed by atoms with van der Waals surface area (Å²) in [5.41, 5.74) is 2.17. The van der Waals surface area contributed by atoms with Crippen LogP contribution in [-0.2, 0) is 6.42 Å². The third-order valence-corrected chi connectivity index (χ3v) is 3.92. The molecule has 2 aromatic rings. The number of carbonyl (C=O) groups is 1. The monoisotopic (exact) mass is 286 g/mol. The van der Waals surface area contributed by atoms with Crippen LogP contribution in [0.3, 0.4) is 0 Å².